The molecule has 0 fully saturated rings. The molecule has 2 N–H and O–H groups in total. The molecule has 2 aromatic carbocycles. The van der Waals surface area contributed by atoms with E-state index in [4.69, 9.17) is 5.73 Å². The zero-order chi connectivity index (χ0) is 10.5. The summed E-state index contributed by atoms with van der Waals surface area (Å²) in [6, 6.07) is 18.7. The number of nitrogens with two attached hydrogens (primary N) is 1. The molecular weight excluding hydrogens is 202 g/mol. The molecule has 0 heterocycles. The van der Waals surface area contributed by atoms with Crippen LogP contribution in [0.4, 0.5) is 0 Å². The van der Waals surface area contributed by atoms with Crippen molar-refractivity contribution in [2.45, 2.75) is 16.3 Å². The molecule has 0 bridgehead atoms. The molecule has 0 aliphatic heterocycles. The second-order valence-corrected chi connectivity index (χ2v) is 4.41. The van der Waals surface area contributed by atoms with Crippen LogP contribution < -0.4 is 5.73 Å². The van der Waals surface area contributed by atoms with Crippen molar-refractivity contribution >= 4 is 11.8 Å². The van der Waals surface area contributed by atoms with Crippen molar-refractivity contribution in [2.75, 3.05) is 0 Å². The van der Waals surface area contributed by atoms with E-state index in [0.29, 0.717) is 6.54 Å². The van der Waals surface area contributed by atoms with Crippen molar-refractivity contribution in [1.82, 2.24) is 0 Å². The highest BCUT2D eigenvalue weighted by Crippen LogP contribution is 2.27. The maximum Gasteiger partial charge on any atom is 0.0178 e. The number of benzene rings is 2. The lowest BCUT2D eigenvalue weighted by atomic mass is 10.2. The minimum absolute atomic E-state index is 0.600. The highest BCUT2D eigenvalue weighted by atomic mass is 32.2. The molecule has 15 heavy (non-hydrogen) atoms. The van der Waals surface area contributed by atoms with Crippen LogP contribution in [0.2, 0.25) is 0 Å². The van der Waals surface area contributed by atoms with Crippen LogP contribution in [0.15, 0.2) is 64.4 Å². The third-order valence-corrected chi connectivity index (χ3v) is 3.11. The Hall–Kier alpha value is -1.25. The van der Waals surface area contributed by atoms with E-state index in [9.17, 15) is 0 Å². The Balaban J connectivity index is 2.17. The summed E-state index contributed by atoms with van der Waals surface area (Å²) in [5.41, 5.74) is 6.78. The minimum atomic E-state index is 0.600. The monoisotopic (exact) mass is 215 g/mol. The summed E-state index contributed by atoms with van der Waals surface area (Å²) in [7, 11) is 0. The van der Waals surface area contributed by atoms with Gasteiger partial charge in [0.15, 0.2) is 0 Å². The fourth-order valence-electron chi connectivity index (χ4n) is 1.36. The predicted octanol–water partition coefficient (Wildman–Crippen LogP) is 3.30. The second kappa shape index (κ2) is 5.01. The normalized spacial score (nSPS) is 10.2. The first-order valence-electron chi connectivity index (χ1n) is 4.90. The van der Waals surface area contributed by atoms with E-state index in [1.807, 2.05) is 12.1 Å². The Morgan fingerprint density at radius 2 is 1.60 bits per heavy atom. The van der Waals surface area contributed by atoms with Gasteiger partial charge in [0.05, 0.1) is 0 Å². The molecule has 0 saturated heterocycles. The van der Waals surface area contributed by atoms with Gasteiger partial charge in [-0.05, 0) is 29.8 Å². The Morgan fingerprint density at radius 1 is 0.867 bits per heavy atom. The molecule has 0 atom stereocenters. The topological polar surface area (TPSA) is 26.0 Å². The molecule has 2 rings (SSSR count). The van der Waals surface area contributed by atoms with Gasteiger partial charge in [-0.1, -0.05) is 42.1 Å². The van der Waals surface area contributed by atoms with Gasteiger partial charge < -0.3 is 5.73 Å². The van der Waals surface area contributed by atoms with Crippen LogP contribution in [0.25, 0.3) is 0 Å². The summed E-state index contributed by atoms with van der Waals surface area (Å²) in [6.07, 6.45) is 0. The maximum absolute atomic E-state index is 5.60. The summed E-state index contributed by atoms with van der Waals surface area (Å²) in [6.45, 7) is 0.600. The van der Waals surface area contributed by atoms with Gasteiger partial charge in [0.25, 0.3) is 0 Å². The van der Waals surface area contributed by atoms with E-state index in [1.165, 1.54) is 15.4 Å². The average molecular weight is 215 g/mol. The van der Waals surface area contributed by atoms with Crippen LogP contribution in [-0.2, 0) is 6.54 Å². The molecule has 76 valence electrons. The summed E-state index contributed by atoms with van der Waals surface area (Å²) in [5.74, 6) is 0. The Kier molecular flexibility index (Phi) is 3.43. The van der Waals surface area contributed by atoms with Crippen LogP contribution in [0.1, 0.15) is 5.56 Å². The van der Waals surface area contributed by atoms with E-state index in [0.717, 1.165) is 0 Å². The third kappa shape index (κ3) is 2.85. The van der Waals surface area contributed by atoms with Crippen LogP contribution in [0.3, 0.4) is 0 Å². The Bertz CT molecular complexity index is 426. The van der Waals surface area contributed by atoms with E-state index >= 15 is 0 Å². The van der Waals surface area contributed by atoms with Crippen LogP contribution >= 0.6 is 11.8 Å². The molecule has 2 aromatic rings. The fraction of sp³-hybridized carbons (Fsp3) is 0.0769. The van der Waals surface area contributed by atoms with Crippen molar-refractivity contribution in [2.24, 2.45) is 5.73 Å². The lowest BCUT2D eigenvalue weighted by Gasteiger charge is -2.03. The first-order valence-corrected chi connectivity index (χ1v) is 5.72. The Labute approximate surface area is 94.3 Å². The summed E-state index contributed by atoms with van der Waals surface area (Å²) < 4.78 is 0. The molecule has 0 radical (unpaired) electrons. The SMILES string of the molecule is NCc1cccc(Sc2ccccc2)c1. The zero-order valence-corrected chi connectivity index (χ0v) is 9.21. The molecule has 0 unspecified atom stereocenters. The first-order chi connectivity index (χ1) is 7.38. The summed E-state index contributed by atoms with van der Waals surface area (Å²) in [4.78, 5) is 2.50. The van der Waals surface area contributed by atoms with Gasteiger partial charge in [-0.2, -0.15) is 0 Å². The van der Waals surface area contributed by atoms with E-state index in [-0.39, 0.29) is 0 Å². The van der Waals surface area contributed by atoms with Crippen molar-refractivity contribution in [3.05, 3.63) is 60.2 Å². The van der Waals surface area contributed by atoms with E-state index in [2.05, 4.69) is 42.5 Å². The maximum atomic E-state index is 5.60. The highest BCUT2D eigenvalue weighted by molar-refractivity contribution is 7.99. The molecule has 0 amide bonds. The van der Waals surface area contributed by atoms with Gasteiger partial charge >= 0.3 is 0 Å². The van der Waals surface area contributed by atoms with Gasteiger partial charge in [0.2, 0.25) is 0 Å². The molecular formula is C13H13NS. The lowest BCUT2D eigenvalue weighted by molar-refractivity contribution is 1.06. The number of rotatable bonds is 3. The van der Waals surface area contributed by atoms with Crippen LogP contribution in [-0.4, -0.2) is 0 Å². The number of hydrogen-bond donors (Lipinski definition) is 1. The standard InChI is InChI=1S/C13H13NS/c14-10-11-5-4-8-13(9-11)15-12-6-2-1-3-7-12/h1-9H,10,14H2. The average Bonchev–Trinajstić information content (AvgIpc) is 2.31. The highest BCUT2D eigenvalue weighted by Gasteiger charge is 1.97. The second-order valence-electron chi connectivity index (χ2n) is 3.27. The first kappa shape index (κ1) is 10.3. The van der Waals surface area contributed by atoms with Gasteiger partial charge in [-0.15, -0.1) is 0 Å². The van der Waals surface area contributed by atoms with Gasteiger partial charge in [0, 0.05) is 16.3 Å². The molecule has 0 aliphatic rings. The van der Waals surface area contributed by atoms with Gasteiger partial charge in [-0.25, -0.2) is 0 Å². The molecule has 2 heteroatoms. The van der Waals surface area contributed by atoms with Crippen LogP contribution in [0.5, 0.6) is 0 Å². The van der Waals surface area contributed by atoms with Crippen molar-refractivity contribution in [1.29, 1.82) is 0 Å². The van der Waals surface area contributed by atoms with E-state index < -0.39 is 0 Å². The largest absolute Gasteiger partial charge is 0.326 e. The molecule has 0 spiro atoms. The fourth-order valence-corrected chi connectivity index (χ4v) is 2.28. The third-order valence-electron chi connectivity index (χ3n) is 2.11. The molecule has 0 aliphatic carbocycles. The number of hydrogen-bond acceptors (Lipinski definition) is 2. The smallest absolute Gasteiger partial charge is 0.0178 e. The summed E-state index contributed by atoms with van der Waals surface area (Å²) >= 11 is 1.76. The summed E-state index contributed by atoms with van der Waals surface area (Å²) in [5, 5.41) is 0. The molecule has 1 nitrogen and oxygen atoms in total. The predicted molar refractivity (Wildman–Crippen MR) is 64.9 cm³/mol. The van der Waals surface area contributed by atoms with Crippen molar-refractivity contribution in [3.63, 3.8) is 0 Å². The van der Waals surface area contributed by atoms with Crippen molar-refractivity contribution in [3.8, 4) is 0 Å². The van der Waals surface area contributed by atoms with Crippen molar-refractivity contribution < 1.29 is 0 Å². The Morgan fingerprint density at radius 3 is 2.33 bits per heavy atom. The molecule has 0 saturated carbocycles. The zero-order valence-electron chi connectivity index (χ0n) is 8.39. The molecule has 0 aromatic heterocycles. The van der Waals surface area contributed by atoms with E-state index in [1.54, 1.807) is 11.8 Å². The van der Waals surface area contributed by atoms with Gasteiger partial charge in [-0.3, -0.25) is 0 Å². The lowest BCUT2D eigenvalue weighted by Crippen LogP contribution is -1.95. The quantitative estimate of drug-likeness (QED) is 0.850. The van der Waals surface area contributed by atoms with Gasteiger partial charge in [0.1, 0.15) is 0 Å². The van der Waals surface area contributed by atoms with Crippen LogP contribution in [0, 0.1) is 0 Å². The minimum Gasteiger partial charge on any atom is -0.326 e.